The lowest BCUT2D eigenvalue weighted by molar-refractivity contribution is 0.228. The number of halogens is 2. The molecule has 3 aromatic rings. The van der Waals surface area contributed by atoms with Crippen molar-refractivity contribution in [2.75, 3.05) is 48.8 Å². The zero-order valence-corrected chi connectivity index (χ0v) is 21.7. The van der Waals surface area contributed by atoms with Gasteiger partial charge in [-0.15, -0.1) is 0 Å². The van der Waals surface area contributed by atoms with Gasteiger partial charge >= 0.3 is 0 Å². The number of likely N-dealkylation sites (N-methyl/N-ethyl adjacent to an activating group) is 1. The monoisotopic (exact) mass is 527 g/mol. The second-order valence-electron chi connectivity index (χ2n) is 7.91. The zero-order chi connectivity index (χ0) is 23.5. The lowest BCUT2D eigenvalue weighted by Gasteiger charge is -2.35. The van der Waals surface area contributed by atoms with Crippen molar-refractivity contribution in [3.63, 3.8) is 0 Å². The Bertz CT molecular complexity index is 1160. The van der Waals surface area contributed by atoms with E-state index < -0.39 is 22.2 Å². The Labute approximate surface area is 209 Å². The van der Waals surface area contributed by atoms with Gasteiger partial charge in [0, 0.05) is 44.3 Å². The minimum atomic E-state index is -1.50. The molecular weight excluding hydrogens is 501 g/mol. The van der Waals surface area contributed by atoms with Crippen molar-refractivity contribution in [1.29, 1.82) is 0 Å². The van der Waals surface area contributed by atoms with Gasteiger partial charge in [-0.05, 0) is 49.9 Å². The van der Waals surface area contributed by atoms with Gasteiger partial charge in [0.2, 0.25) is 0 Å². The van der Waals surface area contributed by atoms with Crippen LogP contribution in [0.4, 0.5) is 11.4 Å². The normalized spacial score (nSPS) is 17.2. The van der Waals surface area contributed by atoms with Gasteiger partial charge in [0.1, 0.15) is 11.0 Å². The number of nitrogens with zero attached hydrogens (tertiary/aromatic N) is 3. The summed E-state index contributed by atoms with van der Waals surface area (Å²) in [5, 5.41) is 1.73. The first kappa shape index (κ1) is 24.5. The predicted molar refractivity (Wildman–Crippen MR) is 140 cm³/mol. The van der Waals surface area contributed by atoms with E-state index in [1.807, 2.05) is 20.7 Å². The standard InChI is InChI=1S/C22H27Cl2N5O2S2/c1-3-10-29(33(31)28-13-11-27(2)12-14-28)16-4-6-17(7-5-16)32(30)26-20-9-8-18(23)21-19(24)15-25-22(20)21/h4-9,15,25-26H,3,10-14H2,1-2H3. The van der Waals surface area contributed by atoms with Gasteiger partial charge in [-0.1, -0.05) is 30.1 Å². The summed E-state index contributed by atoms with van der Waals surface area (Å²) < 4.78 is 33.2. The van der Waals surface area contributed by atoms with Crippen LogP contribution >= 0.6 is 23.2 Å². The molecule has 1 saturated heterocycles. The number of fused-ring (bicyclic) bond motifs is 1. The molecule has 2 unspecified atom stereocenters. The fraction of sp³-hybridized carbons (Fsp3) is 0.364. The molecule has 0 radical (unpaired) electrons. The number of piperazine rings is 1. The highest BCUT2D eigenvalue weighted by Crippen LogP contribution is 2.35. The van der Waals surface area contributed by atoms with Crippen LogP contribution in [0.2, 0.25) is 10.0 Å². The number of aromatic amines is 1. The second kappa shape index (κ2) is 10.8. The van der Waals surface area contributed by atoms with E-state index in [-0.39, 0.29) is 0 Å². The van der Waals surface area contributed by atoms with Crippen molar-refractivity contribution in [2.24, 2.45) is 0 Å². The van der Waals surface area contributed by atoms with Gasteiger partial charge < -0.3 is 9.88 Å². The van der Waals surface area contributed by atoms with Crippen LogP contribution < -0.4 is 9.03 Å². The molecule has 1 aliphatic rings. The Balaban J connectivity index is 1.50. The molecule has 0 bridgehead atoms. The quantitative estimate of drug-likeness (QED) is 0.447. The topological polar surface area (TPSA) is 71.7 Å². The summed E-state index contributed by atoms with van der Waals surface area (Å²) in [7, 11) is 0.581. The molecule has 11 heteroatoms. The number of H-pyrrole nitrogens is 1. The summed E-state index contributed by atoms with van der Waals surface area (Å²) in [5.41, 5.74) is 2.20. The minimum Gasteiger partial charge on any atom is -0.358 e. The van der Waals surface area contributed by atoms with E-state index in [1.165, 1.54) is 0 Å². The molecule has 2 N–H and O–H groups in total. The van der Waals surface area contributed by atoms with Crippen LogP contribution in [-0.4, -0.2) is 62.4 Å². The molecule has 1 aromatic heterocycles. The van der Waals surface area contributed by atoms with Gasteiger partial charge in [-0.2, -0.15) is 0 Å². The Hall–Kier alpha value is -1.62. The number of anilines is 2. The molecule has 2 heterocycles. The van der Waals surface area contributed by atoms with E-state index in [0.717, 1.165) is 38.3 Å². The van der Waals surface area contributed by atoms with E-state index >= 15 is 0 Å². The van der Waals surface area contributed by atoms with E-state index in [2.05, 4.69) is 28.6 Å². The third kappa shape index (κ3) is 5.39. The van der Waals surface area contributed by atoms with Crippen LogP contribution in [0.25, 0.3) is 10.9 Å². The van der Waals surface area contributed by atoms with Crippen molar-refractivity contribution in [3.8, 4) is 0 Å². The Morgan fingerprint density at radius 1 is 1.03 bits per heavy atom. The number of rotatable bonds is 8. The van der Waals surface area contributed by atoms with Crippen molar-refractivity contribution >= 4 is 67.6 Å². The molecule has 0 aliphatic carbocycles. The van der Waals surface area contributed by atoms with E-state index in [4.69, 9.17) is 23.2 Å². The minimum absolute atomic E-state index is 0.512. The number of hydrogen-bond donors (Lipinski definition) is 2. The molecule has 178 valence electrons. The first-order chi connectivity index (χ1) is 15.9. The van der Waals surface area contributed by atoms with Gasteiger partial charge in [0.05, 0.1) is 31.8 Å². The van der Waals surface area contributed by atoms with Gasteiger partial charge in [-0.25, -0.2) is 12.7 Å². The summed E-state index contributed by atoms with van der Waals surface area (Å²) in [6.07, 6.45) is 2.53. The molecule has 0 spiro atoms. The molecule has 2 aromatic carbocycles. The molecule has 2 atom stereocenters. The first-order valence-electron chi connectivity index (χ1n) is 10.8. The maximum absolute atomic E-state index is 13.3. The second-order valence-corrected chi connectivity index (χ2v) is 11.4. The van der Waals surface area contributed by atoms with Crippen molar-refractivity contribution in [3.05, 3.63) is 52.6 Å². The highest BCUT2D eigenvalue weighted by atomic mass is 35.5. The number of aromatic nitrogens is 1. The average Bonchev–Trinajstić information content (AvgIpc) is 3.22. The maximum atomic E-state index is 13.3. The molecule has 33 heavy (non-hydrogen) atoms. The van der Waals surface area contributed by atoms with E-state index in [0.29, 0.717) is 38.1 Å². The lowest BCUT2D eigenvalue weighted by atomic mass is 10.2. The number of nitrogens with one attached hydrogen (secondary N) is 2. The molecular formula is C22H27Cl2N5O2S2. The molecule has 1 aliphatic heterocycles. The molecule has 0 amide bonds. The summed E-state index contributed by atoms with van der Waals surface area (Å²) in [4.78, 5) is 5.93. The summed E-state index contributed by atoms with van der Waals surface area (Å²) in [5.74, 6) is 0. The molecule has 1 fully saturated rings. The van der Waals surface area contributed by atoms with Crippen molar-refractivity contribution in [1.82, 2.24) is 14.2 Å². The Morgan fingerprint density at radius 2 is 1.73 bits per heavy atom. The highest BCUT2D eigenvalue weighted by Gasteiger charge is 2.24. The summed E-state index contributed by atoms with van der Waals surface area (Å²) in [6.45, 7) is 6.09. The van der Waals surface area contributed by atoms with Crippen LogP contribution in [0.5, 0.6) is 0 Å². The van der Waals surface area contributed by atoms with Crippen LogP contribution in [0, 0.1) is 0 Å². The SMILES string of the molecule is CCCN(c1ccc(S(=O)Nc2ccc(Cl)c3c(Cl)c[nH]c23)cc1)S(=O)N1CCN(C)CC1. The van der Waals surface area contributed by atoms with E-state index in [1.54, 1.807) is 30.5 Å². The fourth-order valence-corrected chi connectivity index (χ4v) is 6.56. The van der Waals surface area contributed by atoms with Crippen LogP contribution in [0.15, 0.2) is 47.5 Å². The zero-order valence-electron chi connectivity index (χ0n) is 18.5. The number of hydrogen-bond acceptors (Lipinski definition) is 3. The lowest BCUT2D eigenvalue weighted by Crippen LogP contribution is -2.49. The van der Waals surface area contributed by atoms with Crippen LogP contribution in [0.3, 0.4) is 0 Å². The smallest absolute Gasteiger partial charge is 0.199 e. The Morgan fingerprint density at radius 3 is 2.39 bits per heavy atom. The number of benzene rings is 2. The summed E-state index contributed by atoms with van der Waals surface area (Å²) in [6, 6.07) is 10.9. The van der Waals surface area contributed by atoms with Crippen molar-refractivity contribution in [2.45, 2.75) is 18.2 Å². The van der Waals surface area contributed by atoms with E-state index in [9.17, 15) is 8.42 Å². The third-order valence-electron chi connectivity index (χ3n) is 5.58. The van der Waals surface area contributed by atoms with Crippen molar-refractivity contribution < 1.29 is 8.42 Å². The molecule has 7 nitrogen and oxygen atoms in total. The van der Waals surface area contributed by atoms with Gasteiger partial charge in [0.25, 0.3) is 0 Å². The maximum Gasteiger partial charge on any atom is 0.199 e. The van der Waals surface area contributed by atoms with Gasteiger partial charge in [0.15, 0.2) is 11.2 Å². The fourth-order valence-electron chi connectivity index (χ4n) is 3.73. The largest absolute Gasteiger partial charge is 0.358 e. The first-order valence-corrected chi connectivity index (χ1v) is 13.7. The van der Waals surface area contributed by atoms with Crippen LogP contribution in [0.1, 0.15) is 13.3 Å². The predicted octanol–water partition coefficient (Wildman–Crippen LogP) is 4.65. The summed E-state index contributed by atoms with van der Waals surface area (Å²) >= 11 is 11.2. The molecule has 0 saturated carbocycles. The Kier molecular flexibility index (Phi) is 7.99. The average molecular weight is 529 g/mol. The highest BCUT2D eigenvalue weighted by molar-refractivity contribution is 7.86. The molecule has 4 rings (SSSR count). The van der Waals surface area contributed by atoms with Crippen LogP contribution in [-0.2, 0) is 22.2 Å². The third-order valence-corrected chi connectivity index (χ3v) is 8.87. The van der Waals surface area contributed by atoms with Gasteiger partial charge in [-0.3, -0.25) is 9.03 Å².